The van der Waals surface area contributed by atoms with Crippen molar-refractivity contribution in [1.29, 1.82) is 0 Å². The average Bonchev–Trinajstić information content (AvgIpc) is 2.28. The second-order valence-corrected chi connectivity index (χ2v) is 2.84. The van der Waals surface area contributed by atoms with E-state index < -0.39 is 0 Å². The summed E-state index contributed by atoms with van der Waals surface area (Å²) in [6.07, 6.45) is 0. The normalized spacial score (nSPS) is 29.8. The van der Waals surface area contributed by atoms with Gasteiger partial charge in [0.25, 0.3) is 6.02 Å². The van der Waals surface area contributed by atoms with Crippen LogP contribution in [0.5, 0.6) is 0 Å². The number of amidine groups is 1. The first-order valence-corrected chi connectivity index (χ1v) is 3.73. The van der Waals surface area contributed by atoms with Gasteiger partial charge in [-0.3, -0.25) is 0 Å². The summed E-state index contributed by atoms with van der Waals surface area (Å²) in [4.78, 5) is 3.93. The number of hydrogen-bond acceptors (Lipinski definition) is 4. The monoisotopic (exact) mass is 158 g/mol. The van der Waals surface area contributed by atoms with Crippen molar-refractivity contribution in [3.05, 3.63) is 0 Å². The summed E-state index contributed by atoms with van der Waals surface area (Å²) in [5.74, 6) is 0. The minimum Gasteiger partial charge on any atom is -0.455 e. The number of ether oxygens (including phenoxy) is 2. The summed E-state index contributed by atoms with van der Waals surface area (Å²) >= 11 is 0. The zero-order chi connectivity index (χ0) is 8.32. The highest BCUT2D eigenvalue weighted by Crippen LogP contribution is 2.16. The molecule has 0 saturated heterocycles. The molecule has 4 heteroatoms. The highest BCUT2D eigenvalue weighted by Gasteiger charge is 2.31. The summed E-state index contributed by atoms with van der Waals surface area (Å²) < 4.78 is 10.5. The lowest BCUT2D eigenvalue weighted by atomic mass is 10.1. The molecule has 0 aliphatic carbocycles. The molecule has 1 unspecified atom stereocenters. The van der Waals surface area contributed by atoms with E-state index in [-0.39, 0.29) is 11.6 Å². The second kappa shape index (κ2) is 3.09. The Morgan fingerprint density at radius 1 is 1.82 bits per heavy atom. The van der Waals surface area contributed by atoms with Crippen LogP contribution in [-0.2, 0) is 9.47 Å². The van der Waals surface area contributed by atoms with Crippen LogP contribution in [0.15, 0.2) is 4.99 Å². The predicted molar refractivity (Wildman–Crippen MR) is 42.5 cm³/mol. The van der Waals surface area contributed by atoms with Crippen LogP contribution in [0.4, 0.5) is 0 Å². The quantitative estimate of drug-likeness (QED) is 0.635. The molecule has 1 aliphatic heterocycles. The van der Waals surface area contributed by atoms with Crippen molar-refractivity contribution in [3.8, 4) is 0 Å². The van der Waals surface area contributed by atoms with Crippen molar-refractivity contribution in [2.75, 3.05) is 19.8 Å². The molecule has 11 heavy (non-hydrogen) atoms. The first kappa shape index (κ1) is 8.33. The standard InChI is InChI=1S/C7H14N2O2/c1-3-10-5-7(2)4-9-6(8)11-7/h3-5H2,1-2H3,(H2,8,9). The minimum absolute atomic E-state index is 0.271. The number of hydrogen-bond donors (Lipinski definition) is 1. The van der Waals surface area contributed by atoms with E-state index in [1.54, 1.807) is 0 Å². The lowest BCUT2D eigenvalue weighted by Crippen LogP contribution is -2.36. The zero-order valence-corrected chi connectivity index (χ0v) is 6.96. The molecule has 1 rings (SSSR count). The molecule has 1 aliphatic rings. The van der Waals surface area contributed by atoms with Crippen molar-refractivity contribution in [3.63, 3.8) is 0 Å². The van der Waals surface area contributed by atoms with Gasteiger partial charge in [0.05, 0.1) is 13.2 Å². The molecular weight excluding hydrogens is 144 g/mol. The van der Waals surface area contributed by atoms with Gasteiger partial charge in [0.1, 0.15) is 0 Å². The molecule has 0 bridgehead atoms. The van der Waals surface area contributed by atoms with E-state index in [0.717, 1.165) is 0 Å². The molecule has 0 amide bonds. The van der Waals surface area contributed by atoms with Crippen LogP contribution >= 0.6 is 0 Å². The molecule has 64 valence electrons. The molecule has 0 spiro atoms. The Kier molecular flexibility index (Phi) is 2.34. The summed E-state index contributed by atoms with van der Waals surface area (Å²) in [6, 6.07) is 0.271. The molecule has 0 radical (unpaired) electrons. The highest BCUT2D eigenvalue weighted by molar-refractivity contribution is 5.73. The van der Waals surface area contributed by atoms with Crippen molar-refractivity contribution in [2.45, 2.75) is 19.4 Å². The fourth-order valence-corrected chi connectivity index (χ4v) is 0.955. The Bertz CT molecular complexity index is 170. The van der Waals surface area contributed by atoms with E-state index in [0.29, 0.717) is 19.8 Å². The van der Waals surface area contributed by atoms with Gasteiger partial charge in [-0.2, -0.15) is 0 Å². The van der Waals surface area contributed by atoms with Crippen molar-refractivity contribution in [1.82, 2.24) is 0 Å². The smallest absolute Gasteiger partial charge is 0.282 e. The number of rotatable bonds is 3. The highest BCUT2D eigenvalue weighted by atomic mass is 16.6. The zero-order valence-electron chi connectivity index (χ0n) is 6.96. The van der Waals surface area contributed by atoms with E-state index in [4.69, 9.17) is 15.2 Å². The second-order valence-electron chi connectivity index (χ2n) is 2.84. The van der Waals surface area contributed by atoms with E-state index >= 15 is 0 Å². The number of aliphatic imine (C=N–C) groups is 1. The van der Waals surface area contributed by atoms with Crippen LogP contribution in [0.3, 0.4) is 0 Å². The van der Waals surface area contributed by atoms with Crippen LogP contribution < -0.4 is 5.73 Å². The van der Waals surface area contributed by atoms with Crippen LogP contribution in [0.2, 0.25) is 0 Å². The van der Waals surface area contributed by atoms with Crippen molar-refractivity contribution >= 4 is 6.02 Å². The maximum Gasteiger partial charge on any atom is 0.282 e. The molecule has 0 aromatic carbocycles. The fourth-order valence-electron chi connectivity index (χ4n) is 0.955. The third-order valence-corrected chi connectivity index (χ3v) is 1.53. The van der Waals surface area contributed by atoms with Gasteiger partial charge in [0, 0.05) is 6.61 Å². The van der Waals surface area contributed by atoms with Crippen LogP contribution in [0, 0.1) is 0 Å². The Balaban J connectivity index is 2.33. The Morgan fingerprint density at radius 3 is 3.00 bits per heavy atom. The van der Waals surface area contributed by atoms with Gasteiger partial charge in [-0.05, 0) is 13.8 Å². The number of nitrogens with two attached hydrogens (primary N) is 1. The minimum atomic E-state index is -0.333. The summed E-state index contributed by atoms with van der Waals surface area (Å²) in [7, 11) is 0. The Labute approximate surface area is 66.4 Å². The molecule has 0 aromatic rings. The Hall–Kier alpha value is -0.770. The van der Waals surface area contributed by atoms with Gasteiger partial charge in [-0.15, -0.1) is 0 Å². The molecule has 0 aromatic heterocycles. The maximum atomic E-state index is 5.35. The van der Waals surface area contributed by atoms with E-state index in [1.165, 1.54) is 0 Å². The van der Waals surface area contributed by atoms with Crippen LogP contribution in [-0.4, -0.2) is 31.4 Å². The van der Waals surface area contributed by atoms with Gasteiger partial charge in [0.15, 0.2) is 5.60 Å². The third-order valence-electron chi connectivity index (χ3n) is 1.53. The molecule has 0 fully saturated rings. The maximum absolute atomic E-state index is 5.35. The van der Waals surface area contributed by atoms with E-state index in [1.807, 2.05) is 13.8 Å². The lowest BCUT2D eigenvalue weighted by Gasteiger charge is -2.21. The van der Waals surface area contributed by atoms with Crippen molar-refractivity contribution < 1.29 is 9.47 Å². The van der Waals surface area contributed by atoms with Gasteiger partial charge >= 0.3 is 0 Å². The Morgan fingerprint density at radius 2 is 2.55 bits per heavy atom. The summed E-state index contributed by atoms with van der Waals surface area (Å²) in [5.41, 5.74) is 5.02. The van der Waals surface area contributed by atoms with Crippen LogP contribution in [0.25, 0.3) is 0 Å². The molecule has 1 atom stereocenters. The molecule has 0 saturated carbocycles. The van der Waals surface area contributed by atoms with Gasteiger partial charge in [-0.1, -0.05) is 0 Å². The molecule has 4 nitrogen and oxygen atoms in total. The molecular formula is C7H14N2O2. The average molecular weight is 158 g/mol. The predicted octanol–water partition coefficient (Wildman–Crippen LogP) is 0.127. The first-order valence-electron chi connectivity index (χ1n) is 3.73. The van der Waals surface area contributed by atoms with E-state index in [9.17, 15) is 0 Å². The third kappa shape index (κ3) is 2.08. The fraction of sp³-hybridized carbons (Fsp3) is 0.857. The van der Waals surface area contributed by atoms with Crippen molar-refractivity contribution in [2.24, 2.45) is 10.7 Å². The SMILES string of the molecule is CCOCC1(C)CN=C(N)O1. The topological polar surface area (TPSA) is 56.8 Å². The summed E-state index contributed by atoms with van der Waals surface area (Å²) in [6.45, 7) is 5.72. The first-order chi connectivity index (χ1) is 5.16. The molecule has 1 heterocycles. The lowest BCUT2D eigenvalue weighted by molar-refractivity contribution is -0.00140. The largest absolute Gasteiger partial charge is 0.455 e. The van der Waals surface area contributed by atoms with E-state index in [2.05, 4.69) is 4.99 Å². The van der Waals surface area contributed by atoms with Crippen LogP contribution in [0.1, 0.15) is 13.8 Å². The van der Waals surface area contributed by atoms with Gasteiger partial charge < -0.3 is 15.2 Å². The summed E-state index contributed by atoms with van der Waals surface area (Å²) in [5, 5.41) is 0. The van der Waals surface area contributed by atoms with Gasteiger partial charge in [0.2, 0.25) is 0 Å². The molecule has 2 N–H and O–H groups in total. The van der Waals surface area contributed by atoms with Gasteiger partial charge in [-0.25, -0.2) is 4.99 Å². The number of nitrogens with zero attached hydrogens (tertiary/aromatic N) is 1.